The molecule has 5 nitrogen and oxygen atoms in total. The molecule has 0 aromatic carbocycles. The highest BCUT2D eigenvalue weighted by Crippen LogP contribution is 2.46. The average molecular weight is 268 g/mol. The molecule has 3 unspecified atom stereocenters. The number of urea groups is 1. The first-order valence-corrected chi connectivity index (χ1v) is 7.13. The monoisotopic (exact) mass is 268 g/mol. The maximum Gasteiger partial charge on any atom is 0.317 e. The number of carbonyl (C=O) groups is 2. The van der Waals surface area contributed by atoms with Gasteiger partial charge in [0.25, 0.3) is 0 Å². The Labute approximate surface area is 114 Å². The molecule has 2 fully saturated rings. The molecule has 1 aliphatic heterocycles. The Morgan fingerprint density at radius 2 is 2.11 bits per heavy atom. The second kappa shape index (κ2) is 5.02. The summed E-state index contributed by atoms with van der Waals surface area (Å²) in [5.41, 5.74) is -0.285. The average Bonchev–Trinajstić information content (AvgIpc) is 2.33. The number of nitrogens with one attached hydrogen (secondary N) is 1. The number of rotatable bonds is 2. The number of carboxylic acid groups (broad SMARTS) is 1. The van der Waals surface area contributed by atoms with E-state index in [2.05, 4.69) is 12.2 Å². The van der Waals surface area contributed by atoms with Gasteiger partial charge in [-0.1, -0.05) is 20.8 Å². The van der Waals surface area contributed by atoms with Gasteiger partial charge >= 0.3 is 12.0 Å². The number of carboxylic acids is 1. The topological polar surface area (TPSA) is 69.6 Å². The summed E-state index contributed by atoms with van der Waals surface area (Å²) >= 11 is 0. The minimum absolute atomic E-state index is 0.00711. The third kappa shape index (κ3) is 2.42. The highest BCUT2D eigenvalue weighted by molar-refractivity contribution is 5.75. The Balaban J connectivity index is 2.17. The molecule has 1 saturated carbocycles. The maximum absolute atomic E-state index is 12.0. The molecule has 0 aromatic heterocycles. The molecule has 1 aliphatic carbocycles. The van der Waals surface area contributed by atoms with E-state index in [1.54, 1.807) is 0 Å². The van der Waals surface area contributed by atoms with Crippen LogP contribution in [0.2, 0.25) is 0 Å². The summed E-state index contributed by atoms with van der Waals surface area (Å²) in [6.07, 6.45) is 2.41. The van der Waals surface area contributed by atoms with Gasteiger partial charge in [0.05, 0.1) is 5.92 Å². The van der Waals surface area contributed by atoms with E-state index in [1.807, 2.05) is 18.7 Å². The number of carbonyl (C=O) groups excluding carboxylic acids is 1. The van der Waals surface area contributed by atoms with Crippen LogP contribution in [-0.4, -0.2) is 41.1 Å². The van der Waals surface area contributed by atoms with Gasteiger partial charge in [0.2, 0.25) is 0 Å². The highest BCUT2D eigenvalue weighted by Gasteiger charge is 2.48. The van der Waals surface area contributed by atoms with Gasteiger partial charge in [-0.25, -0.2) is 4.79 Å². The Morgan fingerprint density at radius 3 is 2.68 bits per heavy atom. The van der Waals surface area contributed by atoms with Crippen molar-refractivity contribution in [3.8, 4) is 0 Å². The number of amides is 2. The zero-order chi connectivity index (χ0) is 14.2. The SMILES string of the molecule is CC1C(N2CCCNC2=O)CCC(C(=O)O)C1(C)C. The third-order valence-corrected chi connectivity index (χ3v) is 5.21. The zero-order valence-electron chi connectivity index (χ0n) is 12.0. The van der Waals surface area contributed by atoms with Crippen LogP contribution in [0.1, 0.15) is 40.0 Å². The van der Waals surface area contributed by atoms with Crippen LogP contribution in [-0.2, 0) is 4.79 Å². The molecule has 1 heterocycles. The Kier molecular flexibility index (Phi) is 3.74. The van der Waals surface area contributed by atoms with Crippen LogP contribution in [0.5, 0.6) is 0 Å². The van der Waals surface area contributed by atoms with Crippen LogP contribution in [0.3, 0.4) is 0 Å². The lowest BCUT2D eigenvalue weighted by Gasteiger charge is -2.50. The fourth-order valence-electron chi connectivity index (χ4n) is 3.60. The molecule has 2 N–H and O–H groups in total. The summed E-state index contributed by atoms with van der Waals surface area (Å²) in [6.45, 7) is 7.66. The number of hydrogen-bond acceptors (Lipinski definition) is 2. The predicted octanol–water partition coefficient (Wildman–Crippen LogP) is 1.93. The van der Waals surface area contributed by atoms with Crippen molar-refractivity contribution in [1.82, 2.24) is 10.2 Å². The van der Waals surface area contributed by atoms with Crippen LogP contribution in [0.25, 0.3) is 0 Å². The standard InChI is InChI=1S/C14H24N2O3/c1-9-11(16-8-4-7-15-13(16)19)6-5-10(12(17)18)14(9,2)3/h9-11H,4-8H2,1-3H3,(H,15,19)(H,17,18). The normalized spacial score (nSPS) is 34.8. The van der Waals surface area contributed by atoms with E-state index in [0.29, 0.717) is 6.42 Å². The molecule has 0 aromatic rings. The van der Waals surface area contributed by atoms with Crippen LogP contribution in [0.15, 0.2) is 0 Å². The summed E-state index contributed by atoms with van der Waals surface area (Å²) < 4.78 is 0. The molecule has 0 bridgehead atoms. The minimum atomic E-state index is -0.710. The molecule has 1 saturated heterocycles. The molecule has 5 heteroatoms. The van der Waals surface area contributed by atoms with E-state index in [-0.39, 0.29) is 29.3 Å². The lowest BCUT2D eigenvalue weighted by Crippen LogP contribution is -2.58. The molecule has 0 spiro atoms. The Morgan fingerprint density at radius 1 is 1.42 bits per heavy atom. The fourth-order valence-corrected chi connectivity index (χ4v) is 3.60. The first kappa shape index (κ1) is 14.2. The van der Waals surface area contributed by atoms with E-state index in [4.69, 9.17) is 0 Å². The number of nitrogens with zero attached hydrogens (tertiary/aromatic N) is 1. The van der Waals surface area contributed by atoms with Gasteiger partial charge in [0.1, 0.15) is 0 Å². The van der Waals surface area contributed by atoms with Gasteiger partial charge in [-0.05, 0) is 30.6 Å². The van der Waals surface area contributed by atoms with Crippen LogP contribution < -0.4 is 5.32 Å². The summed E-state index contributed by atoms with van der Waals surface area (Å²) in [5.74, 6) is -0.837. The number of hydrogen-bond donors (Lipinski definition) is 2. The van der Waals surface area contributed by atoms with E-state index < -0.39 is 5.97 Å². The molecule has 19 heavy (non-hydrogen) atoms. The first-order chi connectivity index (χ1) is 8.85. The summed E-state index contributed by atoms with van der Waals surface area (Å²) in [6, 6.07) is 0.165. The van der Waals surface area contributed by atoms with E-state index in [9.17, 15) is 14.7 Å². The smallest absolute Gasteiger partial charge is 0.317 e. The minimum Gasteiger partial charge on any atom is -0.481 e. The van der Waals surface area contributed by atoms with Crippen molar-refractivity contribution in [3.63, 3.8) is 0 Å². The maximum atomic E-state index is 12.0. The van der Waals surface area contributed by atoms with Crippen LogP contribution in [0, 0.1) is 17.3 Å². The zero-order valence-corrected chi connectivity index (χ0v) is 12.0. The van der Waals surface area contributed by atoms with Crippen molar-refractivity contribution in [3.05, 3.63) is 0 Å². The third-order valence-electron chi connectivity index (χ3n) is 5.21. The molecule has 0 radical (unpaired) electrons. The molecule has 2 aliphatic rings. The predicted molar refractivity (Wildman–Crippen MR) is 71.8 cm³/mol. The first-order valence-electron chi connectivity index (χ1n) is 7.13. The van der Waals surface area contributed by atoms with Gasteiger partial charge in [-0.15, -0.1) is 0 Å². The van der Waals surface area contributed by atoms with Gasteiger partial charge in [-0.2, -0.15) is 0 Å². The van der Waals surface area contributed by atoms with Crippen LogP contribution in [0.4, 0.5) is 4.79 Å². The molecular formula is C14H24N2O3. The van der Waals surface area contributed by atoms with E-state index in [0.717, 1.165) is 25.9 Å². The molecule has 2 rings (SSSR count). The fraction of sp³-hybridized carbons (Fsp3) is 0.857. The Bertz CT molecular complexity index is 381. The lowest BCUT2D eigenvalue weighted by molar-refractivity contribution is -0.151. The van der Waals surface area contributed by atoms with Gasteiger partial charge in [0, 0.05) is 19.1 Å². The van der Waals surface area contributed by atoms with Crippen molar-refractivity contribution in [2.45, 2.75) is 46.1 Å². The summed E-state index contributed by atoms with van der Waals surface area (Å²) in [4.78, 5) is 25.2. The van der Waals surface area contributed by atoms with Crippen molar-refractivity contribution in [2.75, 3.05) is 13.1 Å². The lowest BCUT2D eigenvalue weighted by atomic mass is 9.60. The molecule has 2 amide bonds. The molecule has 108 valence electrons. The Hall–Kier alpha value is -1.26. The second-order valence-electron chi connectivity index (χ2n) is 6.42. The van der Waals surface area contributed by atoms with Crippen LogP contribution >= 0.6 is 0 Å². The molecule has 3 atom stereocenters. The summed E-state index contributed by atoms with van der Waals surface area (Å²) in [7, 11) is 0. The van der Waals surface area contributed by atoms with E-state index in [1.165, 1.54) is 0 Å². The van der Waals surface area contributed by atoms with Crippen molar-refractivity contribution in [2.24, 2.45) is 17.3 Å². The largest absolute Gasteiger partial charge is 0.481 e. The van der Waals surface area contributed by atoms with Crippen molar-refractivity contribution >= 4 is 12.0 Å². The quantitative estimate of drug-likeness (QED) is 0.804. The number of aliphatic carboxylic acids is 1. The van der Waals surface area contributed by atoms with Crippen molar-refractivity contribution < 1.29 is 14.7 Å². The second-order valence-corrected chi connectivity index (χ2v) is 6.42. The van der Waals surface area contributed by atoms with Crippen molar-refractivity contribution in [1.29, 1.82) is 0 Å². The van der Waals surface area contributed by atoms with Gasteiger partial charge in [-0.3, -0.25) is 4.79 Å². The van der Waals surface area contributed by atoms with Gasteiger partial charge < -0.3 is 15.3 Å². The molecular weight excluding hydrogens is 244 g/mol. The van der Waals surface area contributed by atoms with E-state index >= 15 is 0 Å². The van der Waals surface area contributed by atoms with Gasteiger partial charge in [0.15, 0.2) is 0 Å². The highest BCUT2D eigenvalue weighted by atomic mass is 16.4. The summed E-state index contributed by atoms with van der Waals surface area (Å²) in [5, 5.41) is 12.2.